The van der Waals surface area contributed by atoms with Crippen molar-refractivity contribution in [3.8, 4) is 5.75 Å². The Hall–Kier alpha value is -2.80. The molecule has 1 aliphatic carbocycles. The number of hydrogen-bond acceptors (Lipinski definition) is 6. The van der Waals surface area contributed by atoms with E-state index >= 15 is 0 Å². The molecule has 1 atom stereocenters. The Balaban J connectivity index is 1.73. The molecule has 0 spiro atoms. The van der Waals surface area contributed by atoms with Gasteiger partial charge in [0, 0.05) is 0 Å². The highest BCUT2D eigenvalue weighted by Gasteiger charge is 2.24. The molecule has 0 bridgehead atoms. The van der Waals surface area contributed by atoms with Crippen molar-refractivity contribution >= 4 is 23.3 Å². The zero-order valence-corrected chi connectivity index (χ0v) is 15.1. The first kappa shape index (κ1) is 16.7. The Morgan fingerprint density at radius 3 is 3.00 bits per heavy atom. The number of nitrogens with one attached hydrogen (secondary N) is 1. The summed E-state index contributed by atoms with van der Waals surface area (Å²) < 4.78 is 7.04. The predicted octanol–water partition coefficient (Wildman–Crippen LogP) is 3.03. The summed E-state index contributed by atoms with van der Waals surface area (Å²) in [5.74, 6) is 0.690. The first-order valence-corrected chi connectivity index (χ1v) is 9.24. The second-order valence-electron chi connectivity index (χ2n) is 5.97. The third kappa shape index (κ3) is 3.30. The van der Waals surface area contributed by atoms with Crippen molar-refractivity contribution in [2.45, 2.75) is 18.2 Å². The third-order valence-corrected chi connectivity index (χ3v) is 5.23. The SMILES string of the molecule is COc1cn(Cc2ccccc2)c(NC2=C3N=CSC3CC=C2)nc1=O. The molecule has 1 N–H and O–H groups in total. The van der Waals surface area contributed by atoms with Crippen LogP contribution in [0.5, 0.6) is 5.75 Å². The van der Waals surface area contributed by atoms with Gasteiger partial charge in [0.15, 0.2) is 0 Å². The zero-order valence-electron chi connectivity index (χ0n) is 14.3. The molecule has 6 nitrogen and oxygen atoms in total. The first-order chi connectivity index (χ1) is 12.7. The maximum absolute atomic E-state index is 12.2. The summed E-state index contributed by atoms with van der Waals surface area (Å²) in [7, 11) is 1.47. The molecule has 7 heteroatoms. The Labute approximate surface area is 155 Å². The molecule has 2 aromatic rings. The van der Waals surface area contributed by atoms with Crippen LogP contribution in [0.15, 0.2) is 69.9 Å². The van der Waals surface area contributed by atoms with E-state index in [1.165, 1.54) is 7.11 Å². The minimum absolute atomic E-state index is 0.218. The molecule has 2 aliphatic rings. The van der Waals surface area contributed by atoms with Crippen LogP contribution in [0.1, 0.15) is 12.0 Å². The van der Waals surface area contributed by atoms with Crippen LogP contribution in [0.4, 0.5) is 5.95 Å². The standard InChI is InChI=1S/C19H18N4O2S/c1-25-15-11-23(10-13-6-3-2-4-7-13)19(22-18(15)24)21-14-8-5-9-16-17(14)20-12-26-16/h2-8,11-12,16H,9-10H2,1H3,(H,21,22,24). The minimum atomic E-state index is -0.398. The van der Waals surface area contributed by atoms with E-state index in [0.29, 0.717) is 17.7 Å². The van der Waals surface area contributed by atoms with Crippen molar-refractivity contribution in [2.75, 3.05) is 12.4 Å². The molecule has 1 aliphatic heterocycles. The number of aromatic nitrogens is 2. The van der Waals surface area contributed by atoms with Gasteiger partial charge in [-0.05, 0) is 18.1 Å². The summed E-state index contributed by atoms with van der Waals surface area (Å²) in [6.45, 7) is 0.570. The smallest absolute Gasteiger partial charge is 0.316 e. The number of anilines is 1. The van der Waals surface area contributed by atoms with Gasteiger partial charge in [-0.1, -0.05) is 36.4 Å². The van der Waals surface area contributed by atoms with E-state index in [-0.39, 0.29) is 5.75 Å². The molecule has 1 aromatic carbocycles. The van der Waals surface area contributed by atoms with Gasteiger partial charge >= 0.3 is 5.56 Å². The number of methoxy groups -OCH3 is 1. The molecule has 1 aromatic heterocycles. The Kier molecular flexibility index (Phi) is 4.62. The van der Waals surface area contributed by atoms with Gasteiger partial charge in [-0.3, -0.25) is 9.79 Å². The highest BCUT2D eigenvalue weighted by atomic mass is 32.2. The Morgan fingerprint density at radius 2 is 2.19 bits per heavy atom. The van der Waals surface area contributed by atoms with Crippen molar-refractivity contribution in [2.24, 2.45) is 4.99 Å². The van der Waals surface area contributed by atoms with Crippen LogP contribution in [-0.2, 0) is 6.54 Å². The fourth-order valence-corrected chi connectivity index (χ4v) is 3.81. The normalized spacial score (nSPS) is 18.1. The zero-order chi connectivity index (χ0) is 17.9. The number of nitrogens with zero attached hydrogens (tertiary/aromatic N) is 3. The van der Waals surface area contributed by atoms with Crippen LogP contribution in [0, 0.1) is 0 Å². The van der Waals surface area contributed by atoms with Gasteiger partial charge in [0.1, 0.15) is 0 Å². The lowest BCUT2D eigenvalue weighted by atomic mass is 10.1. The van der Waals surface area contributed by atoms with Crippen molar-refractivity contribution in [1.82, 2.24) is 9.55 Å². The van der Waals surface area contributed by atoms with Gasteiger partial charge < -0.3 is 14.6 Å². The summed E-state index contributed by atoms with van der Waals surface area (Å²) >= 11 is 1.71. The molecule has 2 heterocycles. The third-order valence-electron chi connectivity index (χ3n) is 4.26. The number of fused-ring (bicyclic) bond motifs is 1. The quantitative estimate of drug-likeness (QED) is 0.881. The fourth-order valence-electron chi connectivity index (χ4n) is 2.95. The van der Waals surface area contributed by atoms with E-state index in [4.69, 9.17) is 4.74 Å². The van der Waals surface area contributed by atoms with Crippen LogP contribution in [0.2, 0.25) is 0 Å². The van der Waals surface area contributed by atoms with Crippen LogP contribution in [0.25, 0.3) is 0 Å². The number of ether oxygens (including phenoxy) is 1. The highest BCUT2D eigenvalue weighted by molar-refractivity contribution is 8.13. The fraction of sp³-hybridized carbons (Fsp3) is 0.211. The topological polar surface area (TPSA) is 68.5 Å². The Bertz CT molecular complexity index is 963. The van der Waals surface area contributed by atoms with E-state index < -0.39 is 5.56 Å². The van der Waals surface area contributed by atoms with Gasteiger partial charge in [-0.25, -0.2) is 0 Å². The monoisotopic (exact) mass is 366 g/mol. The lowest BCUT2D eigenvalue weighted by molar-refractivity contribution is 0.402. The molecule has 1 unspecified atom stereocenters. The van der Waals surface area contributed by atoms with Crippen molar-refractivity contribution < 1.29 is 4.74 Å². The van der Waals surface area contributed by atoms with E-state index in [1.54, 1.807) is 18.0 Å². The van der Waals surface area contributed by atoms with E-state index in [9.17, 15) is 4.79 Å². The molecule has 0 fully saturated rings. The summed E-state index contributed by atoms with van der Waals surface area (Å²) in [6.07, 6.45) is 6.75. The van der Waals surface area contributed by atoms with Crippen molar-refractivity contribution in [3.05, 3.63) is 76.0 Å². The molecule has 0 radical (unpaired) electrons. The molecule has 0 amide bonds. The van der Waals surface area contributed by atoms with Crippen molar-refractivity contribution in [3.63, 3.8) is 0 Å². The van der Waals surface area contributed by atoms with Gasteiger partial charge in [0.25, 0.3) is 0 Å². The maximum atomic E-state index is 12.2. The number of hydrogen-bond donors (Lipinski definition) is 1. The van der Waals surface area contributed by atoms with Crippen LogP contribution >= 0.6 is 11.8 Å². The molecular weight excluding hydrogens is 348 g/mol. The van der Waals surface area contributed by atoms with Crippen LogP contribution < -0.4 is 15.6 Å². The number of thioether (sulfide) groups is 1. The minimum Gasteiger partial charge on any atom is -0.490 e. The highest BCUT2D eigenvalue weighted by Crippen LogP contribution is 2.34. The number of rotatable bonds is 5. The molecular formula is C19H18N4O2S. The average molecular weight is 366 g/mol. The van der Waals surface area contributed by atoms with Gasteiger partial charge in [0.05, 0.1) is 42.0 Å². The largest absolute Gasteiger partial charge is 0.490 e. The maximum Gasteiger partial charge on any atom is 0.316 e. The van der Waals surface area contributed by atoms with Gasteiger partial charge in [-0.15, -0.1) is 11.8 Å². The van der Waals surface area contributed by atoms with E-state index in [0.717, 1.165) is 23.4 Å². The lowest BCUT2D eigenvalue weighted by Gasteiger charge is -2.20. The molecule has 0 saturated heterocycles. The van der Waals surface area contributed by atoms with E-state index in [1.807, 2.05) is 46.5 Å². The number of aliphatic imine (C=N–C) groups is 1. The number of benzene rings is 1. The Morgan fingerprint density at radius 1 is 1.35 bits per heavy atom. The predicted molar refractivity (Wildman–Crippen MR) is 105 cm³/mol. The summed E-state index contributed by atoms with van der Waals surface area (Å²) in [5, 5.41) is 3.62. The summed E-state index contributed by atoms with van der Waals surface area (Å²) in [5.41, 5.74) is 4.45. The average Bonchev–Trinajstić information content (AvgIpc) is 3.14. The van der Waals surface area contributed by atoms with Gasteiger partial charge in [0.2, 0.25) is 11.7 Å². The van der Waals surface area contributed by atoms with Gasteiger partial charge in [-0.2, -0.15) is 4.98 Å². The summed E-state index contributed by atoms with van der Waals surface area (Å²) in [4.78, 5) is 20.8. The van der Waals surface area contributed by atoms with Crippen LogP contribution in [0.3, 0.4) is 0 Å². The molecule has 0 saturated carbocycles. The lowest BCUT2D eigenvalue weighted by Crippen LogP contribution is -2.21. The molecule has 26 heavy (non-hydrogen) atoms. The van der Waals surface area contributed by atoms with Crippen molar-refractivity contribution in [1.29, 1.82) is 0 Å². The number of allylic oxidation sites excluding steroid dienone is 2. The molecule has 4 rings (SSSR count). The summed E-state index contributed by atoms with van der Waals surface area (Å²) in [6, 6.07) is 10.0. The second kappa shape index (κ2) is 7.21. The van der Waals surface area contributed by atoms with Crippen LogP contribution in [-0.4, -0.2) is 27.5 Å². The molecule has 132 valence electrons. The first-order valence-electron chi connectivity index (χ1n) is 8.30. The van der Waals surface area contributed by atoms with E-state index in [2.05, 4.69) is 21.4 Å². The second-order valence-corrected chi connectivity index (χ2v) is 7.02.